The second kappa shape index (κ2) is 12.7. The smallest absolute Gasteiger partial charge is 0.251 e. The minimum Gasteiger partial charge on any atom is -0.373 e. The minimum atomic E-state index is -0.403. The number of hydrazone groups is 2. The number of nitrogens with zero attached hydrogens (tertiary/aromatic N) is 5. The van der Waals surface area contributed by atoms with Crippen LogP contribution in [0.1, 0.15) is 61.0 Å². The van der Waals surface area contributed by atoms with Gasteiger partial charge in [-0.1, -0.05) is 85.8 Å². The second-order valence-corrected chi connectivity index (χ2v) is 14.5. The van der Waals surface area contributed by atoms with Crippen LogP contribution in [-0.4, -0.2) is 66.5 Å². The van der Waals surface area contributed by atoms with Gasteiger partial charge in [-0.2, -0.15) is 10.2 Å². The molecule has 2 atom stereocenters. The molecule has 9 heteroatoms. The van der Waals surface area contributed by atoms with Crippen LogP contribution in [-0.2, 0) is 13.0 Å². The van der Waals surface area contributed by atoms with Crippen molar-refractivity contribution in [2.24, 2.45) is 27.3 Å². The first kappa shape index (κ1) is 30.3. The summed E-state index contributed by atoms with van der Waals surface area (Å²) in [5.74, 6) is -0.283. The van der Waals surface area contributed by atoms with Crippen molar-refractivity contribution in [1.82, 2.24) is 9.91 Å². The van der Waals surface area contributed by atoms with Crippen LogP contribution in [0.5, 0.6) is 0 Å². The van der Waals surface area contributed by atoms with Crippen LogP contribution in [0.3, 0.4) is 0 Å². The summed E-state index contributed by atoms with van der Waals surface area (Å²) in [5, 5.41) is 19.9. The molecule has 2 aromatic carbocycles. The van der Waals surface area contributed by atoms with E-state index < -0.39 is 5.91 Å². The minimum absolute atomic E-state index is 0.0740. The molecule has 1 amide bonds. The van der Waals surface area contributed by atoms with Crippen molar-refractivity contribution >= 4 is 38.7 Å². The number of anilines is 2. The van der Waals surface area contributed by atoms with Crippen molar-refractivity contribution in [2.75, 3.05) is 37.5 Å². The Labute approximate surface area is 265 Å². The molecule has 3 heterocycles. The molecule has 2 fully saturated rings. The van der Waals surface area contributed by atoms with E-state index in [-0.39, 0.29) is 17.4 Å². The zero-order valence-corrected chi connectivity index (χ0v) is 27.2. The summed E-state index contributed by atoms with van der Waals surface area (Å²) >= 11 is 1.60. The number of amides is 1. The van der Waals surface area contributed by atoms with Crippen molar-refractivity contribution < 1.29 is 4.79 Å². The van der Waals surface area contributed by atoms with Gasteiger partial charge in [0.15, 0.2) is 0 Å². The van der Waals surface area contributed by atoms with Crippen LogP contribution in [0.15, 0.2) is 76.9 Å². The van der Waals surface area contributed by atoms with Crippen molar-refractivity contribution in [2.45, 2.75) is 64.6 Å². The highest BCUT2D eigenvalue weighted by atomic mass is 32.1. The standard InChI is InChI=1S/C35H45N7OS/c1-35(2)21-29(38-40(3)4)32-28(19-24-11-7-5-8-12-24)39-42(30(32)22-35)31-20-27(33(36)43)34(44-31)37-26-15-17-41(18-16-26)23-25-13-9-6-10-14-25/h5-14,20,26,30,32,37H,15-19,21-23H2,1-4H3,(H2,36,43)/b38-29+. The molecular weight excluding hydrogens is 567 g/mol. The molecule has 2 aliphatic heterocycles. The van der Waals surface area contributed by atoms with Gasteiger partial charge in [0.1, 0.15) is 10.0 Å². The third-order valence-corrected chi connectivity index (χ3v) is 10.1. The van der Waals surface area contributed by atoms with Gasteiger partial charge in [0, 0.05) is 51.9 Å². The Morgan fingerprint density at radius 3 is 2.36 bits per heavy atom. The summed E-state index contributed by atoms with van der Waals surface area (Å²) in [6.07, 6.45) is 4.72. The Morgan fingerprint density at radius 1 is 1.07 bits per heavy atom. The molecule has 44 heavy (non-hydrogen) atoms. The van der Waals surface area contributed by atoms with E-state index in [1.807, 2.05) is 25.2 Å². The normalized spacial score (nSPS) is 23.0. The van der Waals surface area contributed by atoms with Crippen molar-refractivity contribution in [3.63, 3.8) is 0 Å². The highest BCUT2D eigenvalue weighted by Gasteiger charge is 2.49. The number of nitrogens with two attached hydrogens (primary N) is 1. The van der Waals surface area contributed by atoms with Crippen LogP contribution < -0.4 is 16.1 Å². The number of piperidine rings is 1. The van der Waals surface area contributed by atoms with Crippen LogP contribution in [0.25, 0.3) is 0 Å². The molecule has 6 rings (SSSR count). The predicted octanol–water partition coefficient (Wildman–Crippen LogP) is 6.06. The number of hydrogen-bond acceptors (Lipinski definition) is 8. The summed E-state index contributed by atoms with van der Waals surface area (Å²) in [6.45, 7) is 7.65. The third kappa shape index (κ3) is 6.84. The van der Waals surface area contributed by atoms with E-state index in [1.54, 1.807) is 11.3 Å². The van der Waals surface area contributed by atoms with E-state index in [0.717, 1.165) is 67.5 Å². The fourth-order valence-corrected chi connectivity index (χ4v) is 8.21. The average Bonchev–Trinajstić information content (AvgIpc) is 3.55. The van der Waals surface area contributed by atoms with Gasteiger partial charge in [0.2, 0.25) is 0 Å². The summed E-state index contributed by atoms with van der Waals surface area (Å²) in [6, 6.07) is 23.6. The summed E-state index contributed by atoms with van der Waals surface area (Å²) < 4.78 is 0. The summed E-state index contributed by atoms with van der Waals surface area (Å²) in [5.41, 5.74) is 11.5. The first-order chi connectivity index (χ1) is 21.1. The van der Waals surface area contributed by atoms with E-state index >= 15 is 0 Å². The van der Waals surface area contributed by atoms with E-state index in [9.17, 15) is 4.79 Å². The lowest BCUT2D eigenvalue weighted by Gasteiger charge is -2.41. The van der Waals surface area contributed by atoms with E-state index in [1.165, 1.54) is 16.8 Å². The maximum atomic E-state index is 12.7. The molecule has 0 spiro atoms. The molecule has 1 saturated heterocycles. The first-order valence-corrected chi connectivity index (χ1v) is 16.6. The largest absolute Gasteiger partial charge is 0.373 e. The molecular formula is C35H45N7OS. The summed E-state index contributed by atoms with van der Waals surface area (Å²) in [4.78, 5) is 15.2. The topological polar surface area (TPSA) is 89.6 Å². The SMILES string of the molecule is CN(C)/N=C1\CC(C)(C)CC2C1C(Cc1ccccc1)=NN2c1cc(C(N)=O)c(NC2CCN(Cc3ccccc3)CC2)s1. The second-order valence-electron chi connectivity index (χ2n) is 13.5. The van der Waals surface area contributed by atoms with Crippen LogP contribution >= 0.6 is 11.3 Å². The van der Waals surface area contributed by atoms with Crippen LogP contribution in [0.2, 0.25) is 0 Å². The van der Waals surface area contributed by atoms with Crippen molar-refractivity contribution in [3.05, 3.63) is 83.4 Å². The van der Waals surface area contributed by atoms with E-state index in [4.69, 9.17) is 15.9 Å². The number of thiophene rings is 1. The lowest BCUT2D eigenvalue weighted by atomic mass is 9.67. The number of primary amides is 1. The third-order valence-electron chi connectivity index (χ3n) is 9.01. The van der Waals surface area contributed by atoms with Gasteiger partial charge < -0.3 is 16.1 Å². The highest BCUT2D eigenvalue weighted by molar-refractivity contribution is 7.20. The fourth-order valence-electron chi connectivity index (χ4n) is 7.06. The van der Waals surface area contributed by atoms with Gasteiger partial charge in [-0.3, -0.25) is 14.7 Å². The Balaban J connectivity index is 1.25. The number of fused-ring (bicyclic) bond motifs is 1. The molecule has 0 radical (unpaired) electrons. The van der Waals surface area contributed by atoms with Crippen LogP contribution in [0.4, 0.5) is 10.0 Å². The Hall–Kier alpha value is -3.69. The van der Waals surface area contributed by atoms with Gasteiger partial charge in [-0.05, 0) is 48.3 Å². The van der Waals surface area contributed by atoms with Gasteiger partial charge in [-0.15, -0.1) is 0 Å². The Morgan fingerprint density at radius 2 is 1.73 bits per heavy atom. The van der Waals surface area contributed by atoms with Gasteiger partial charge in [-0.25, -0.2) is 0 Å². The molecule has 3 N–H and O–H groups in total. The number of carbonyl (C=O) groups is 1. The van der Waals surface area contributed by atoms with Crippen molar-refractivity contribution in [3.8, 4) is 0 Å². The molecule has 0 bridgehead atoms. The molecule has 8 nitrogen and oxygen atoms in total. The van der Waals surface area contributed by atoms with E-state index in [2.05, 4.69) is 89.7 Å². The molecule has 1 aliphatic carbocycles. The maximum Gasteiger partial charge on any atom is 0.251 e. The number of nitrogens with one attached hydrogen (secondary N) is 1. The molecule has 1 aromatic heterocycles. The average molecular weight is 612 g/mol. The molecule has 3 aliphatic rings. The van der Waals surface area contributed by atoms with E-state index in [0.29, 0.717) is 11.6 Å². The van der Waals surface area contributed by atoms with Gasteiger partial charge in [0.25, 0.3) is 5.91 Å². The van der Waals surface area contributed by atoms with Crippen LogP contribution in [0, 0.1) is 11.3 Å². The number of rotatable bonds is 9. The highest BCUT2D eigenvalue weighted by Crippen LogP contribution is 2.47. The first-order valence-electron chi connectivity index (χ1n) is 15.8. The molecule has 3 aromatic rings. The van der Waals surface area contributed by atoms with Gasteiger partial charge >= 0.3 is 0 Å². The Bertz CT molecular complexity index is 1510. The molecule has 232 valence electrons. The monoisotopic (exact) mass is 611 g/mol. The summed E-state index contributed by atoms with van der Waals surface area (Å²) in [7, 11) is 3.99. The Kier molecular flexibility index (Phi) is 8.78. The lowest BCUT2D eigenvalue weighted by Crippen LogP contribution is -2.47. The quantitative estimate of drug-likeness (QED) is 0.287. The number of hydrogen-bond donors (Lipinski definition) is 2. The predicted molar refractivity (Wildman–Crippen MR) is 183 cm³/mol. The lowest BCUT2D eigenvalue weighted by molar-refractivity contribution is 0.100. The zero-order valence-electron chi connectivity index (χ0n) is 26.4. The number of carbonyl (C=O) groups excluding carboxylic acids is 1. The van der Waals surface area contributed by atoms with Crippen molar-refractivity contribution in [1.29, 1.82) is 0 Å². The zero-order chi connectivity index (χ0) is 30.8. The fraction of sp³-hybridized carbons (Fsp3) is 0.457. The number of likely N-dealkylation sites (tertiary alicyclic amines) is 1. The van der Waals surface area contributed by atoms with Gasteiger partial charge in [0.05, 0.1) is 23.2 Å². The maximum absolute atomic E-state index is 12.7. The number of benzene rings is 2. The molecule has 1 saturated carbocycles. The molecule has 2 unspecified atom stereocenters.